The van der Waals surface area contributed by atoms with E-state index in [1.54, 1.807) is 0 Å². The first kappa shape index (κ1) is 33.7. The van der Waals surface area contributed by atoms with Crippen LogP contribution in [0.1, 0.15) is 74.0 Å². The van der Waals surface area contributed by atoms with E-state index < -0.39 is 78.3 Å². The van der Waals surface area contributed by atoms with Crippen LogP contribution >= 0.6 is 0 Å². The van der Waals surface area contributed by atoms with Crippen molar-refractivity contribution in [2.45, 2.75) is 92.0 Å². The molecule has 14 heteroatoms. The van der Waals surface area contributed by atoms with Crippen molar-refractivity contribution in [1.82, 2.24) is 9.55 Å². The normalized spacial score (nSPS) is 22.1. The van der Waals surface area contributed by atoms with Gasteiger partial charge in [0.05, 0.1) is 24.4 Å². The number of alkyl halides is 1. The summed E-state index contributed by atoms with van der Waals surface area (Å²) in [6.07, 6.45) is -2.44. The lowest BCUT2D eigenvalue weighted by atomic mass is 10.1. The molecule has 41 heavy (non-hydrogen) atoms. The molecule has 1 aromatic heterocycles. The van der Waals surface area contributed by atoms with Gasteiger partial charge in [-0.3, -0.25) is 24.3 Å². The van der Waals surface area contributed by atoms with Crippen LogP contribution in [0.15, 0.2) is 17.1 Å². The van der Waals surface area contributed by atoms with Gasteiger partial charge in [0.2, 0.25) is 6.10 Å². The third kappa shape index (κ3) is 9.23. The highest BCUT2D eigenvalue weighted by atomic mass is 19.2. The van der Waals surface area contributed by atoms with Crippen LogP contribution in [-0.4, -0.2) is 64.8 Å². The number of ether oxygens (including phenoxy) is 5. The number of carbonyl (C=O) groups excluding carboxylic acids is 4. The quantitative estimate of drug-likeness (QED) is 0.205. The molecular formula is C27H40FN3O10. The van der Waals surface area contributed by atoms with Crippen molar-refractivity contribution in [3.05, 3.63) is 22.7 Å². The SMILES string of the molecule is CCCCCOC(=O)Nc1ccn([C@@H]2O[C@](F)(COC(=O)C(C)C)[C@@H](OC(=O)C(C)C)[C@H]2OC(=O)C(C)C)c(=O)n1. The summed E-state index contributed by atoms with van der Waals surface area (Å²) in [6, 6.07) is 1.23. The number of carbonyl (C=O) groups is 4. The van der Waals surface area contributed by atoms with Crippen LogP contribution in [0.4, 0.5) is 15.0 Å². The van der Waals surface area contributed by atoms with Crippen molar-refractivity contribution >= 4 is 29.8 Å². The molecule has 0 bridgehead atoms. The lowest BCUT2D eigenvalue weighted by Gasteiger charge is -2.28. The number of esters is 3. The third-order valence-electron chi connectivity index (χ3n) is 5.96. The maximum atomic E-state index is 16.4. The van der Waals surface area contributed by atoms with Gasteiger partial charge in [0, 0.05) is 6.20 Å². The lowest BCUT2D eigenvalue weighted by molar-refractivity contribution is -0.226. The smallest absolute Gasteiger partial charge is 0.412 e. The van der Waals surface area contributed by atoms with Crippen molar-refractivity contribution in [2.75, 3.05) is 18.5 Å². The van der Waals surface area contributed by atoms with Crippen molar-refractivity contribution in [3.63, 3.8) is 0 Å². The first-order valence-corrected chi connectivity index (χ1v) is 13.7. The van der Waals surface area contributed by atoms with E-state index in [1.165, 1.54) is 47.6 Å². The number of hydrogen-bond donors (Lipinski definition) is 1. The molecular weight excluding hydrogens is 545 g/mol. The molecule has 1 fully saturated rings. The molecule has 1 amide bonds. The number of rotatable bonds is 13. The second kappa shape index (κ2) is 14.9. The highest BCUT2D eigenvalue weighted by Crippen LogP contribution is 2.42. The Labute approximate surface area is 238 Å². The highest BCUT2D eigenvalue weighted by molar-refractivity contribution is 5.83. The number of nitrogens with one attached hydrogen (secondary N) is 1. The van der Waals surface area contributed by atoms with Crippen LogP contribution in [0.2, 0.25) is 0 Å². The van der Waals surface area contributed by atoms with Gasteiger partial charge in [-0.15, -0.1) is 0 Å². The monoisotopic (exact) mass is 585 g/mol. The molecule has 2 rings (SSSR count). The van der Waals surface area contributed by atoms with Gasteiger partial charge in [-0.05, 0) is 12.5 Å². The molecule has 4 atom stereocenters. The molecule has 1 N–H and O–H groups in total. The van der Waals surface area contributed by atoms with Gasteiger partial charge in [-0.25, -0.2) is 14.0 Å². The lowest BCUT2D eigenvalue weighted by Crippen LogP contribution is -2.48. The van der Waals surface area contributed by atoms with Gasteiger partial charge in [-0.1, -0.05) is 61.3 Å². The van der Waals surface area contributed by atoms with E-state index in [0.29, 0.717) is 6.42 Å². The van der Waals surface area contributed by atoms with Crippen LogP contribution in [0, 0.1) is 17.8 Å². The van der Waals surface area contributed by atoms with E-state index in [2.05, 4.69) is 10.3 Å². The maximum Gasteiger partial charge on any atom is 0.412 e. The minimum absolute atomic E-state index is 0.152. The molecule has 1 aromatic rings. The average molecular weight is 586 g/mol. The molecule has 0 spiro atoms. The number of aromatic nitrogens is 2. The zero-order valence-electron chi connectivity index (χ0n) is 24.5. The Morgan fingerprint density at radius 1 is 1.00 bits per heavy atom. The van der Waals surface area contributed by atoms with Crippen LogP contribution in [0.3, 0.4) is 0 Å². The van der Waals surface area contributed by atoms with E-state index in [-0.39, 0.29) is 12.4 Å². The Bertz CT molecular complexity index is 1140. The molecule has 0 unspecified atom stereocenters. The maximum absolute atomic E-state index is 16.4. The second-order valence-electron chi connectivity index (χ2n) is 10.6. The number of nitrogens with zero attached hydrogens (tertiary/aromatic N) is 2. The predicted molar refractivity (Wildman–Crippen MR) is 142 cm³/mol. The van der Waals surface area contributed by atoms with E-state index in [1.807, 2.05) is 6.92 Å². The van der Waals surface area contributed by atoms with Crippen molar-refractivity contribution < 1.29 is 47.3 Å². The summed E-state index contributed by atoms with van der Waals surface area (Å²) in [5.41, 5.74) is -1.01. The summed E-state index contributed by atoms with van der Waals surface area (Å²) in [4.78, 5) is 66.0. The van der Waals surface area contributed by atoms with Gasteiger partial charge in [0.1, 0.15) is 5.82 Å². The Morgan fingerprint density at radius 3 is 2.17 bits per heavy atom. The first-order valence-electron chi connectivity index (χ1n) is 13.7. The predicted octanol–water partition coefficient (Wildman–Crippen LogP) is 3.51. The van der Waals surface area contributed by atoms with Gasteiger partial charge in [0.25, 0.3) is 5.85 Å². The fraction of sp³-hybridized carbons (Fsp3) is 0.704. The Balaban J connectivity index is 2.43. The highest BCUT2D eigenvalue weighted by Gasteiger charge is 2.62. The summed E-state index contributed by atoms with van der Waals surface area (Å²) < 4.78 is 43.8. The topological polar surface area (TPSA) is 161 Å². The second-order valence-corrected chi connectivity index (χ2v) is 10.6. The summed E-state index contributed by atoms with van der Waals surface area (Å²) in [5, 5.41) is 2.33. The van der Waals surface area contributed by atoms with Crippen LogP contribution < -0.4 is 11.0 Å². The van der Waals surface area contributed by atoms with E-state index >= 15 is 4.39 Å². The Morgan fingerprint density at radius 2 is 1.61 bits per heavy atom. The summed E-state index contributed by atoms with van der Waals surface area (Å²) in [5.74, 6) is -7.51. The van der Waals surface area contributed by atoms with Gasteiger partial charge >= 0.3 is 29.7 Å². The fourth-order valence-corrected chi connectivity index (χ4v) is 3.54. The van der Waals surface area contributed by atoms with Crippen molar-refractivity contribution in [2.24, 2.45) is 17.8 Å². The number of unbranched alkanes of at least 4 members (excludes halogenated alkanes) is 2. The zero-order chi connectivity index (χ0) is 30.9. The van der Waals surface area contributed by atoms with E-state index in [9.17, 15) is 24.0 Å². The van der Waals surface area contributed by atoms with E-state index in [0.717, 1.165) is 23.6 Å². The van der Waals surface area contributed by atoms with Crippen molar-refractivity contribution in [3.8, 4) is 0 Å². The molecule has 2 heterocycles. The molecule has 1 aliphatic heterocycles. The molecule has 0 aromatic carbocycles. The molecule has 0 saturated carbocycles. The summed E-state index contributed by atoms with van der Waals surface area (Å²) in [6.45, 7) is 10.3. The number of hydrogen-bond acceptors (Lipinski definition) is 11. The third-order valence-corrected chi connectivity index (χ3v) is 5.96. The van der Waals surface area contributed by atoms with Gasteiger partial charge in [0.15, 0.2) is 18.9 Å². The molecule has 1 aliphatic rings. The van der Waals surface area contributed by atoms with Crippen LogP contribution in [0.5, 0.6) is 0 Å². The zero-order valence-corrected chi connectivity index (χ0v) is 24.5. The van der Waals surface area contributed by atoms with Gasteiger partial charge < -0.3 is 23.7 Å². The molecule has 13 nitrogen and oxygen atoms in total. The van der Waals surface area contributed by atoms with Crippen LogP contribution in [0.25, 0.3) is 0 Å². The average Bonchev–Trinajstić information content (AvgIpc) is 3.16. The fourth-order valence-electron chi connectivity index (χ4n) is 3.54. The van der Waals surface area contributed by atoms with E-state index in [4.69, 9.17) is 23.7 Å². The summed E-state index contributed by atoms with van der Waals surface area (Å²) >= 11 is 0. The largest absolute Gasteiger partial charge is 0.459 e. The molecule has 1 saturated heterocycles. The van der Waals surface area contributed by atoms with Crippen LogP contribution in [-0.2, 0) is 38.1 Å². The Hall–Kier alpha value is -3.55. The minimum atomic E-state index is -3.00. The molecule has 0 radical (unpaired) electrons. The molecule has 0 aliphatic carbocycles. The van der Waals surface area contributed by atoms with Crippen molar-refractivity contribution in [1.29, 1.82) is 0 Å². The number of anilines is 1. The van der Waals surface area contributed by atoms with Gasteiger partial charge in [-0.2, -0.15) is 4.98 Å². The standard InChI is InChI=1S/C27H40FN3O10/c1-8-9-10-13-37-26(36)30-18-11-12-31(25(35)29-18)21-19(39-23(33)16(4)5)20(40-24(34)17(6)7)27(28,41-21)14-38-22(32)15(2)3/h11-12,15-17,19-21H,8-10,13-14H2,1-7H3,(H,29,30,35,36)/t19-,20+,21-,27-/m1/s1. The minimum Gasteiger partial charge on any atom is -0.459 e. The summed E-state index contributed by atoms with van der Waals surface area (Å²) in [7, 11) is 0. The first-order chi connectivity index (χ1) is 19.2. The number of amides is 1. The Kier molecular flexibility index (Phi) is 12.2. The number of halogens is 1. The molecule has 230 valence electrons.